The number of benzene rings is 1. The molecule has 0 spiro atoms. The number of hydrogen-bond acceptors (Lipinski definition) is 3. The number of fused-ring (bicyclic) bond motifs is 3. The molecule has 0 atom stereocenters. The highest BCUT2D eigenvalue weighted by Gasteiger charge is 2.21. The lowest BCUT2D eigenvalue weighted by Crippen LogP contribution is -2.15. The normalized spacial score (nSPS) is 12.8. The maximum absolute atomic E-state index is 11.0. The Bertz CT molecular complexity index is 574. The quantitative estimate of drug-likeness (QED) is 0.815. The number of hydrogen-bond donors (Lipinski definition) is 2. The van der Waals surface area contributed by atoms with Gasteiger partial charge in [-0.2, -0.15) is 0 Å². The highest BCUT2D eigenvalue weighted by atomic mass is 16.6. The summed E-state index contributed by atoms with van der Waals surface area (Å²) in [4.78, 5) is 13.9. The molecule has 1 aromatic heterocycles. The van der Waals surface area contributed by atoms with E-state index in [1.807, 2.05) is 13.8 Å². The van der Waals surface area contributed by atoms with Crippen LogP contribution in [0.15, 0.2) is 18.3 Å². The molecule has 3 rings (SSSR count). The molecule has 1 aliphatic heterocycles. The van der Waals surface area contributed by atoms with Crippen LogP contribution < -0.4 is 9.47 Å². The molecule has 5 heteroatoms. The Balaban J connectivity index is 0.000000574. The Hall–Kier alpha value is -2.17. The molecule has 2 N–H and O–H groups in total. The number of carboxylic acid groups (broad SMARTS) is 1. The summed E-state index contributed by atoms with van der Waals surface area (Å²) in [5.41, 5.74) is 0.944. The van der Waals surface area contributed by atoms with Crippen molar-refractivity contribution in [1.82, 2.24) is 4.98 Å². The predicted molar refractivity (Wildman–Crippen MR) is 67.6 cm³/mol. The second-order valence-electron chi connectivity index (χ2n) is 3.52. The van der Waals surface area contributed by atoms with Crippen molar-refractivity contribution in [3.8, 4) is 11.5 Å². The van der Waals surface area contributed by atoms with E-state index < -0.39 is 5.97 Å². The van der Waals surface area contributed by atoms with Crippen LogP contribution >= 0.6 is 0 Å². The summed E-state index contributed by atoms with van der Waals surface area (Å²) in [6.45, 7) is 4.93. The van der Waals surface area contributed by atoms with Gasteiger partial charge in [0, 0.05) is 6.20 Å². The lowest BCUT2D eigenvalue weighted by atomic mass is 10.1. The summed E-state index contributed by atoms with van der Waals surface area (Å²) < 4.78 is 10.9. The van der Waals surface area contributed by atoms with Crippen molar-refractivity contribution in [3.05, 3.63) is 23.9 Å². The van der Waals surface area contributed by atoms with Gasteiger partial charge in [0.2, 0.25) is 0 Å². The van der Waals surface area contributed by atoms with Crippen LogP contribution in [0.1, 0.15) is 24.2 Å². The molecule has 5 nitrogen and oxygen atoms in total. The van der Waals surface area contributed by atoms with Crippen LogP contribution in [0.4, 0.5) is 0 Å². The van der Waals surface area contributed by atoms with E-state index in [2.05, 4.69) is 4.98 Å². The van der Waals surface area contributed by atoms with Crippen LogP contribution in [0.3, 0.4) is 0 Å². The molecule has 1 aliphatic rings. The first-order valence-corrected chi connectivity index (χ1v) is 5.90. The smallest absolute Gasteiger partial charge is 0.338 e. The van der Waals surface area contributed by atoms with E-state index in [0.29, 0.717) is 30.1 Å². The van der Waals surface area contributed by atoms with Crippen molar-refractivity contribution in [2.45, 2.75) is 13.8 Å². The molecule has 0 bridgehead atoms. The number of carbonyl (C=O) groups is 1. The first-order valence-electron chi connectivity index (χ1n) is 5.90. The Kier molecular flexibility index (Phi) is 3.41. The van der Waals surface area contributed by atoms with Gasteiger partial charge in [0.15, 0.2) is 11.5 Å². The average molecular weight is 249 g/mol. The molecule has 1 aromatic carbocycles. The van der Waals surface area contributed by atoms with Crippen LogP contribution in [-0.4, -0.2) is 29.3 Å². The number of rotatable bonds is 1. The minimum atomic E-state index is -0.978. The molecule has 0 radical (unpaired) electrons. The summed E-state index contributed by atoms with van der Waals surface area (Å²) in [5, 5.41) is 9.63. The molecule has 0 unspecified atom stereocenters. The standard InChI is InChI=1S/C11H9NO4.C2H6/c13-11(14)6-5-12-7-1-2-8-10(9(6)7)16-4-3-15-8;1-2/h1-2,5,12H,3-4H2,(H,13,14);1-2H3. The fourth-order valence-corrected chi connectivity index (χ4v) is 1.89. The van der Waals surface area contributed by atoms with Crippen LogP contribution in [0.2, 0.25) is 0 Å². The van der Waals surface area contributed by atoms with E-state index in [4.69, 9.17) is 14.6 Å². The van der Waals surface area contributed by atoms with Crippen LogP contribution in [0, 0.1) is 0 Å². The third kappa shape index (κ3) is 1.88. The van der Waals surface area contributed by atoms with E-state index in [1.165, 1.54) is 6.20 Å². The zero-order chi connectivity index (χ0) is 13.1. The Labute approximate surface area is 104 Å². The monoisotopic (exact) mass is 249 g/mol. The van der Waals surface area contributed by atoms with Crippen molar-refractivity contribution < 1.29 is 19.4 Å². The Morgan fingerprint density at radius 3 is 2.72 bits per heavy atom. The minimum absolute atomic E-state index is 0.206. The molecule has 0 aliphatic carbocycles. The molecule has 18 heavy (non-hydrogen) atoms. The first kappa shape index (κ1) is 12.3. The van der Waals surface area contributed by atoms with E-state index >= 15 is 0 Å². The lowest BCUT2D eigenvalue weighted by Gasteiger charge is -2.19. The number of H-pyrrole nitrogens is 1. The van der Waals surface area contributed by atoms with E-state index in [-0.39, 0.29) is 5.56 Å². The molecular formula is C13H15NO4. The van der Waals surface area contributed by atoms with Gasteiger partial charge in [0.05, 0.1) is 16.5 Å². The maximum atomic E-state index is 11.0. The third-order valence-electron chi connectivity index (χ3n) is 2.58. The van der Waals surface area contributed by atoms with Crippen LogP contribution in [0.25, 0.3) is 10.9 Å². The molecule has 0 fully saturated rings. The van der Waals surface area contributed by atoms with Gasteiger partial charge >= 0.3 is 5.97 Å². The number of aromatic amines is 1. The zero-order valence-corrected chi connectivity index (χ0v) is 10.3. The van der Waals surface area contributed by atoms with Gasteiger partial charge in [-0.15, -0.1) is 0 Å². The number of ether oxygens (including phenoxy) is 2. The molecule has 2 aromatic rings. The molecule has 2 heterocycles. The summed E-state index contributed by atoms with van der Waals surface area (Å²) in [6.07, 6.45) is 1.46. The molecule has 0 saturated carbocycles. The van der Waals surface area contributed by atoms with E-state index in [9.17, 15) is 4.79 Å². The van der Waals surface area contributed by atoms with Crippen LogP contribution in [0.5, 0.6) is 11.5 Å². The van der Waals surface area contributed by atoms with Gasteiger partial charge in [0.25, 0.3) is 0 Å². The second kappa shape index (κ2) is 5.00. The fraction of sp³-hybridized carbons (Fsp3) is 0.308. The Morgan fingerprint density at radius 2 is 2.00 bits per heavy atom. The van der Waals surface area contributed by atoms with Gasteiger partial charge in [0.1, 0.15) is 13.2 Å². The maximum Gasteiger partial charge on any atom is 0.338 e. The topological polar surface area (TPSA) is 71.5 Å². The van der Waals surface area contributed by atoms with E-state index in [0.717, 1.165) is 5.52 Å². The number of carboxylic acids is 1. The number of aromatic carboxylic acids is 1. The zero-order valence-electron chi connectivity index (χ0n) is 10.3. The van der Waals surface area contributed by atoms with Gasteiger partial charge in [-0.1, -0.05) is 13.8 Å². The molecule has 96 valence electrons. The summed E-state index contributed by atoms with van der Waals surface area (Å²) in [7, 11) is 0. The minimum Gasteiger partial charge on any atom is -0.486 e. The van der Waals surface area contributed by atoms with Crippen molar-refractivity contribution in [2.75, 3.05) is 13.2 Å². The van der Waals surface area contributed by atoms with Crippen molar-refractivity contribution >= 4 is 16.9 Å². The number of aromatic nitrogens is 1. The third-order valence-corrected chi connectivity index (χ3v) is 2.58. The SMILES string of the molecule is CC.O=C(O)c1c[nH]c2ccc3c(c12)OCCO3. The fourth-order valence-electron chi connectivity index (χ4n) is 1.89. The molecule has 0 amide bonds. The van der Waals surface area contributed by atoms with Crippen molar-refractivity contribution in [3.63, 3.8) is 0 Å². The van der Waals surface area contributed by atoms with Gasteiger partial charge in [-0.25, -0.2) is 4.79 Å². The summed E-state index contributed by atoms with van der Waals surface area (Å²) in [5.74, 6) is 0.136. The predicted octanol–water partition coefficient (Wildman–Crippen LogP) is 2.66. The largest absolute Gasteiger partial charge is 0.486 e. The summed E-state index contributed by atoms with van der Waals surface area (Å²) in [6, 6.07) is 3.56. The van der Waals surface area contributed by atoms with Crippen molar-refractivity contribution in [2.24, 2.45) is 0 Å². The Morgan fingerprint density at radius 1 is 1.28 bits per heavy atom. The van der Waals surface area contributed by atoms with Crippen LogP contribution in [-0.2, 0) is 0 Å². The first-order chi connectivity index (χ1) is 8.77. The van der Waals surface area contributed by atoms with E-state index in [1.54, 1.807) is 12.1 Å². The van der Waals surface area contributed by atoms with Crippen molar-refractivity contribution in [1.29, 1.82) is 0 Å². The lowest BCUT2D eigenvalue weighted by molar-refractivity contribution is 0.0698. The molecular weight excluding hydrogens is 234 g/mol. The summed E-state index contributed by atoms with van der Waals surface area (Å²) >= 11 is 0. The average Bonchev–Trinajstić information content (AvgIpc) is 2.85. The second-order valence-corrected chi connectivity index (χ2v) is 3.52. The van der Waals surface area contributed by atoms with Gasteiger partial charge in [-0.3, -0.25) is 0 Å². The molecule has 0 saturated heterocycles. The van der Waals surface area contributed by atoms with Gasteiger partial charge in [-0.05, 0) is 12.1 Å². The highest BCUT2D eigenvalue weighted by molar-refractivity contribution is 6.06. The van der Waals surface area contributed by atoms with Gasteiger partial charge < -0.3 is 19.6 Å². The highest BCUT2D eigenvalue weighted by Crippen LogP contribution is 2.39. The number of nitrogens with one attached hydrogen (secondary N) is 1.